The van der Waals surface area contributed by atoms with Crippen LogP contribution in [-0.4, -0.2) is 105 Å². The van der Waals surface area contributed by atoms with E-state index in [1.54, 1.807) is 0 Å². The molecule has 8 nitrogen and oxygen atoms in total. The van der Waals surface area contributed by atoms with Crippen LogP contribution in [0.5, 0.6) is 0 Å². The van der Waals surface area contributed by atoms with Gasteiger partial charge in [-0.25, -0.2) is 0 Å². The van der Waals surface area contributed by atoms with Crippen molar-refractivity contribution in [2.45, 2.75) is 0 Å². The van der Waals surface area contributed by atoms with Crippen LogP contribution < -0.4 is 27.0 Å². The van der Waals surface area contributed by atoms with Crippen molar-refractivity contribution in [1.82, 2.24) is 0 Å². The zero-order valence-electron chi connectivity index (χ0n) is 30.6. The minimum atomic E-state index is -3.75. The molecular formula is C44H32N4O4Te4. The maximum absolute atomic E-state index is 7.76. The predicted molar refractivity (Wildman–Crippen MR) is 233 cm³/mol. The molecule has 18 rings (SSSR count). The fourth-order valence-electron chi connectivity index (χ4n) is 10.5. The Morgan fingerprint density at radius 2 is 0.536 bits per heavy atom. The van der Waals surface area contributed by atoms with Crippen molar-refractivity contribution in [3.63, 3.8) is 0 Å². The van der Waals surface area contributed by atoms with Gasteiger partial charge >= 0.3 is 348 Å². The first-order valence-corrected chi connectivity index (χ1v) is 35.1. The average molecular weight is 1190 g/mol. The molecule has 8 aromatic carbocycles. The first-order valence-electron chi connectivity index (χ1n) is 18.7. The van der Waals surface area contributed by atoms with E-state index >= 15 is 0 Å². The third-order valence-corrected chi connectivity index (χ3v) is 66.3. The van der Waals surface area contributed by atoms with Crippen molar-refractivity contribution in [1.29, 1.82) is 0 Å². The second-order valence-corrected chi connectivity index (χ2v) is 49.5. The first kappa shape index (κ1) is 31.9. The van der Waals surface area contributed by atoms with Gasteiger partial charge in [0.15, 0.2) is 0 Å². The Kier molecular flexibility index (Phi) is 5.63. The molecule has 0 saturated carbocycles. The summed E-state index contributed by atoms with van der Waals surface area (Å²) in [6.07, 6.45) is 0. The van der Waals surface area contributed by atoms with E-state index in [1.165, 1.54) is 103 Å². The molecule has 2 saturated heterocycles. The Morgan fingerprint density at radius 1 is 0.304 bits per heavy atom. The van der Waals surface area contributed by atoms with E-state index in [9.17, 15) is 0 Å². The summed E-state index contributed by atoms with van der Waals surface area (Å²) in [6.45, 7) is 0. The van der Waals surface area contributed by atoms with Crippen molar-refractivity contribution in [2.24, 2.45) is 0 Å². The zero-order valence-corrected chi connectivity index (χ0v) is 39.9. The molecule has 10 aliphatic heterocycles. The zero-order chi connectivity index (χ0) is 36.8. The van der Waals surface area contributed by atoms with Crippen LogP contribution in [0.2, 0.25) is 0 Å². The quantitative estimate of drug-likeness (QED) is 0.176. The van der Waals surface area contributed by atoms with Crippen LogP contribution in [0.4, 0.5) is 22.7 Å². The van der Waals surface area contributed by atoms with Crippen molar-refractivity contribution in [3.8, 4) is 22.3 Å². The van der Waals surface area contributed by atoms with E-state index in [2.05, 4.69) is 162 Å². The summed E-state index contributed by atoms with van der Waals surface area (Å²) >= 11 is -15.0. The molecule has 276 valence electrons. The summed E-state index contributed by atoms with van der Waals surface area (Å²) in [4.78, 5) is 0. The number of hydrogen-bond acceptors (Lipinski definition) is 8. The molecular weight excluding hydrogens is 1160 g/mol. The Hall–Kier alpha value is -3.00. The van der Waals surface area contributed by atoms with Crippen molar-refractivity contribution >= 4 is 157 Å². The third kappa shape index (κ3) is 3.16. The van der Waals surface area contributed by atoms with E-state index in [1.807, 2.05) is 0 Å². The monoisotopic (exact) mass is 1200 g/mol. The van der Waals surface area contributed by atoms with E-state index in [0.29, 0.717) is 0 Å². The summed E-state index contributed by atoms with van der Waals surface area (Å²) < 4.78 is 45.8. The van der Waals surface area contributed by atoms with Gasteiger partial charge in [-0.1, -0.05) is 0 Å². The van der Waals surface area contributed by atoms with Crippen LogP contribution in [0.15, 0.2) is 121 Å². The van der Waals surface area contributed by atoms with Crippen LogP contribution in [0, 0.1) is 0 Å². The molecule has 0 radical (unpaired) electrons. The Labute approximate surface area is 343 Å². The van der Waals surface area contributed by atoms with Crippen LogP contribution in [-0.2, 0) is 5.86 Å². The van der Waals surface area contributed by atoms with E-state index < -0.39 is 77.1 Å². The molecule has 0 aliphatic carbocycles. The topological polar surface area (TPSA) is 49.9 Å². The van der Waals surface area contributed by atoms with Gasteiger partial charge in [0, 0.05) is 0 Å². The molecule has 0 atom stereocenters. The predicted octanol–water partition coefficient (Wildman–Crippen LogP) is 5.82. The standard InChI is InChI=1S/C44H32N4O4Te4/c1-45-33-21-17-25-26-18-23-35-43-30(26)11-7-15-39(43)55(47(35)3)51-56(52-55)40-16-8-12-32-28(20-24-36(44(32)40)48(56)4)27-19-22-34-42-31(27)10-6-14-38(42)54(46(34)2)49-53(45,50-54)37-13-5-9-29(25)41(33)37/h5-24H,1-4H3. The van der Waals surface area contributed by atoms with Crippen molar-refractivity contribution in [2.75, 3.05) is 40.8 Å². The molecule has 56 heavy (non-hydrogen) atoms. The fourth-order valence-corrected chi connectivity index (χ4v) is 78.3. The minimum absolute atomic E-state index is 1.21. The number of benzene rings is 8. The number of anilines is 4. The van der Waals surface area contributed by atoms with Crippen LogP contribution in [0.3, 0.4) is 0 Å². The van der Waals surface area contributed by atoms with Gasteiger partial charge < -0.3 is 0 Å². The van der Waals surface area contributed by atoms with Gasteiger partial charge in [-0.05, 0) is 0 Å². The summed E-state index contributed by atoms with van der Waals surface area (Å²) in [7, 11) is 8.84. The summed E-state index contributed by atoms with van der Waals surface area (Å²) in [5, 5.41) is 10.1. The molecule has 10 heterocycles. The third-order valence-electron chi connectivity index (χ3n) is 13.2. The fraction of sp³-hybridized carbons (Fsp3) is 0.0909. The van der Waals surface area contributed by atoms with E-state index in [0.717, 1.165) is 0 Å². The van der Waals surface area contributed by atoms with Gasteiger partial charge in [0.05, 0.1) is 0 Å². The van der Waals surface area contributed by atoms with Gasteiger partial charge in [-0.3, -0.25) is 0 Å². The Morgan fingerprint density at radius 3 is 0.768 bits per heavy atom. The summed E-state index contributed by atoms with van der Waals surface area (Å²) in [6, 6.07) is 45.8. The Bertz CT molecular complexity index is 2860. The van der Waals surface area contributed by atoms with Crippen molar-refractivity contribution < 1.29 is 5.86 Å². The summed E-state index contributed by atoms with van der Waals surface area (Å²) in [5.41, 5.74) is 9.78. The molecule has 4 spiro atoms. The molecule has 20 bridgehead atoms. The van der Waals surface area contributed by atoms with Crippen LogP contribution in [0.25, 0.3) is 65.3 Å². The van der Waals surface area contributed by atoms with Crippen molar-refractivity contribution in [3.05, 3.63) is 121 Å². The number of hydrogen-bond donors (Lipinski definition) is 0. The Balaban J connectivity index is 1.06. The second-order valence-electron chi connectivity index (χ2n) is 15.4. The number of nitrogens with zero attached hydrogens (tertiary/aromatic N) is 4. The second kappa shape index (κ2) is 9.88. The van der Waals surface area contributed by atoms with E-state index in [-0.39, 0.29) is 0 Å². The molecule has 0 N–H and O–H groups in total. The molecule has 12 heteroatoms. The van der Waals surface area contributed by atoms with Crippen LogP contribution >= 0.6 is 0 Å². The SMILES string of the molecule is CN1c2ccc3c4cccc(c24)[Te]12O[Te]1(O2)c2cccc4c(ccc(c24)N1C)-c1ccc2c4c(cccc14)[Te]1(O[Te]4(O1)c1cccc5c-3ccc(c15)N4C)N2C. The molecule has 0 unspecified atom stereocenters. The van der Waals surface area contributed by atoms with Crippen LogP contribution in [0.1, 0.15) is 0 Å². The maximum atomic E-state index is 7.76. The van der Waals surface area contributed by atoms with Gasteiger partial charge in [0.2, 0.25) is 0 Å². The summed E-state index contributed by atoms with van der Waals surface area (Å²) in [5.74, 6) is 0. The van der Waals surface area contributed by atoms with E-state index in [4.69, 9.17) is 5.86 Å². The first-order chi connectivity index (χ1) is 27.3. The molecule has 0 amide bonds. The molecule has 10 aliphatic rings. The van der Waals surface area contributed by atoms with Gasteiger partial charge in [-0.15, -0.1) is 0 Å². The molecule has 0 aromatic heterocycles. The number of rotatable bonds is 0. The van der Waals surface area contributed by atoms with Gasteiger partial charge in [0.25, 0.3) is 0 Å². The average Bonchev–Trinajstić information content (AvgIpc) is 3.80. The van der Waals surface area contributed by atoms with Gasteiger partial charge in [0.1, 0.15) is 0 Å². The molecule has 8 aromatic rings. The van der Waals surface area contributed by atoms with Gasteiger partial charge in [-0.2, -0.15) is 0 Å². The molecule has 2 fully saturated rings. The normalized spacial score (nSPS) is 32.1.